The Bertz CT molecular complexity index is 4320. The number of Topliss-reactive ketones (excluding diaryl/α,β-unsaturated/α-hetero) is 4. The Morgan fingerprint density at radius 1 is 0.400 bits per heavy atom. The average molecular weight is 1190 g/mol. The molecule has 0 aliphatic heterocycles. The van der Waals surface area contributed by atoms with Gasteiger partial charge in [0.05, 0.1) is 15.8 Å². The van der Waals surface area contributed by atoms with Gasteiger partial charge in [-0.2, -0.15) is 0 Å². The van der Waals surface area contributed by atoms with Gasteiger partial charge in [-0.3, -0.25) is 38.4 Å². The van der Waals surface area contributed by atoms with Crippen LogP contribution in [0.5, 0.6) is 0 Å². The van der Waals surface area contributed by atoms with Crippen LogP contribution in [0.15, 0.2) is 169 Å². The van der Waals surface area contributed by atoms with Crippen LogP contribution in [-0.2, 0) is 75.4 Å². The number of thiophene rings is 3. The van der Waals surface area contributed by atoms with Gasteiger partial charge in [0, 0.05) is 68.7 Å². The summed E-state index contributed by atoms with van der Waals surface area (Å²) in [6, 6.07) is 39.3. The summed E-state index contributed by atoms with van der Waals surface area (Å²) in [5, 5.41) is 0. The molecule has 0 saturated heterocycles. The number of ketones is 4. The van der Waals surface area contributed by atoms with Crippen LogP contribution in [0.2, 0.25) is 0 Å². The van der Waals surface area contributed by atoms with Crippen molar-refractivity contribution in [2.45, 2.75) is 37.3 Å². The highest BCUT2D eigenvalue weighted by Crippen LogP contribution is 2.69. The molecule has 4 aliphatic rings. The van der Waals surface area contributed by atoms with Crippen molar-refractivity contribution in [3.05, 3.63) is 267 Å². The van der Waals surface area contributed by atoms with Crippen LogP contribution >= 0.6 is 34.0 Å². The van der Waals surface area contributed by atoms with Gasteiger partial charge in [-0.1, -0.05) is 121 Å². The number of fused-ring (bicyclic) bond motifs is 8. The van der Waals surface area contributed by atoms with Crippen LogP contribution < -0.4 is 0 Å². The number of rotatable bonds is 14. The molecule has 0 radical (unpaired) electrons. The monoisotopic (exact) mass is 1190 g/mol. The van der Waals surface area contributed by atoms with Gasteiger partial charge in [0.2, 0.25) is 10.8 Å². The van der Waals surface area contributed by atoms with E-state index in [0.717, 1.165) is 40.1 Å². The van der Waals surface area contributed by atoms with Crippen molar-refractivity contribution in [1.82, 2.24) is 0 Å². The fourth-order valence-electron chi connectivity index (χ4n) is 11.1. The third-order valence-corrected chi connectivity index (χ3v) is 18.6. The molecule has 0 atom stereocenters. The first-order valence-corrected chi connectivity index (χ1v) is 28.5. The number of halogens is 4. The van der Waals surface area contributed by atoms with Crippen molar-refractivity contribution in [2.24, 2.45) is 0 Å². The summed E-state index contributed by atoms with van der Waals surface area (Å²) in [6.07, 6.45) is 2.34. The van der Waals surface area contributed by atoms with Gasteiger partial charge in [-0.05, 0) is 70.8 Å². The molecule has 3 aromatic heterocycles. The highest BCUT2D eigenvalue weighted by molar-refractivity contribution is 7.29. The minimum atomic E-state index is -2.82. The topological polar surface area (TPSA) is 173 Å². The number of ether oxygens (including phenoxy) is 4. The number of hydrogen-bond acceptors (Lipinski definition) is 15. The second kappa shape index (κ2) is 21.1. The lowest BCUT2D eigenvalue weighted by molar-refractivity contribution is -0.165. The fourth-order valence-corrected chi connectivity index (χ4v) is 15.2. The van der Waals surface area contributed by atoms with Gasteiger partial charge in [0.1, 0.15) is 26.4 Å². The second-order valence-electron chi connectivity index (χ2n) is 20.1. The predicted octanol–water partition coefficient (Wildman–Crippen LogP) is 12.9. The van der Waals surface area contributed by atoms with E-state index in [-0.39, 0.29) is 57.6 Å². The summed E-state index contributed by atoms with van der Waals surface area (Å²) in [4.78, 5) is 120. The van der Waals surface area contributed by atoms with E-state index in [1.165, 1.54) is 12.1 Å². The van der Waals surface area contributed by atoms with Crippen molar-refractivity contribution in [3.63, 3.8) is 0 Å². The number of esters is 4. The molecular formula is C66H36F4O12S3. The molecule has 13 rings (SSSR count). The van der Waals surface area contributed by atoms with Gasteiger partial charge < -0.3 is 18.9 Å². The first-order valence-electron chi connectivity index (χ1n) is 26.0. The highest BCUT2D eigenvalue weighted by Gasteiger charge is 2.72. The van der Waals surface area contributed by atoms with E-state index in [2.05, 4.69) is 0 Å². The molecule has 0 amide bonds. The first-order chi connectivity index (χ1) is 41.1. The average Bonchev–Trinajstić information content (AvgIpc) is 1.53. The predicted molar refractivity (Wildman–Crippen MR) is 305 cm³/mol. The van der Waals surface area contributed by atoms with E-state index < -0.39 is 130 Å². The van der Waals surface area contributed by atoms with Gasteiger partial charge in [-0.25, -0.2) is 17.6 Å². The van der Waals surface area contributed by atoms with Crippen molar-refractivity contribution in [1.29, 1.82) is 0 Å². The summed E-state index contributed by atoms with van der Waals surface area (Å²) in [7, 11) is 0. The minimum absolute atomic E-state index is 0.0145. The van der Waals surface area contributed by atoms with Gasteiger partial charge in [0.15, 0.2) is 46.4 Å². The smallest absolute Gasteiger partial charge is 0.333 e. The number of carbonyl (C=O) groups excluding carboxylic acids is 8. The van der Waals surface area contributed by atoms with Gasteiger partial charge in [0.25, 0.3) is 0 Å². The molecule has 3 heterocycles. The van der Waals surface area contributed by atoms with Crippen molar-refractivity contribution in [3.8, 4) is 0 Å². The largest absolute Gasteiger partial charge is 0.459 e. The zero-order valence-corrected chi connectivity index (χ0v) is 46.1. The maximum atomic E-state index is 16.2. The Hall–Kier alpha value is -9.82. The molecule has 85 heavy (non-hydrogen) atoms. The molecule has 19 heteroatoms. The van der Waals surface area contributed by atoms with Crippen molar-refractivity contribution in [2.75, 3.05) is 0 Å². The standard InChI is InChI=1S/C66H36F4O12S3/c67-46-25-39-40(26-47(46)68)55(72)43(54(39)71)21-37-23-45-58(83-37)51-52(65(45,61(75)79-29-33-13-5-1-6-14-33)62(76)80-30-34-15-7-2-8-16-34)60-53(59-50(85-60)24-38(84-59)22-44-56(73)41-27-48(69)49(70)28-42(41)57(44)74)66(51,63(77)81-31-35-17-9-3-10-18-35)64(78)82-32-36-19-11-4-12-20-36/h1-28H,29-32H2. The van der Waals surface area contributed by atoms with Crippen LogP contribution in [0, 0.1) is 23.3 Å². The Labute approximate surface area is 490 Å². The molecule has 0 unspecified atom stereocenters. The summed E-state index contributed by atoms with van der Waals surface area (Å²) < 4.78 is 83.7. The molecule has 0 spiro atoms. The summed E-state index contributed by atoms with van der Waals surface area (Å²) in [6.45, 7) is -1.71. The molecule has 12 nitrogen and oxygen atoms in total. The third kappa shape index (κ3) is 8.75. The Morgan fingerprint density at radius 3 is 1.09 bits per heavy atom. The summed E-state index contributed by atoms with van der Waals surface area (Å²) in [5.74, 6) is -14.1. The zero-order chi connectivity index (χ0) is 59.1. The quantitative estimate of drug-likeness (QED) is 0.0252. The lowest BCUT2D eigenvalue weighted by Gasteiger charge is -2.29. The molecule has 0 saturated carbocycles. The maximum absolute atomic E-state index is 16.2. The van der Waals surface area contributed by atoms with E-state index in [1.54, 1.807) is 127 Å². The van der Waals surface area contributed by atoms with E-state index in [0.29, 0.717) is 51.2 Å². The Kier molecular flexibility index (Phi) is 13.5. The number of benzene rings is 6. The second-order valence-corrected chi connectivity index (χ2v) is 23.3. The van der Waals surface area contributed by atoms with Crippen LogP contribution in [0.1, 0.15) is 94.3 Å². The minimum Gasteiger partial charge on any atom is -0.459 e. The maximum Gasteiger partial charge on any atom is 0.333 e. The van der Waals surface area contributed by atoms with Crippen LogP contribution in [0.4, 0.5) is 17.6 Å². The zero-order valence-electron chi connectivity index (χ0n) is 43.6. The molecule has 0 fully saturated rings. The molecule has 9 aromatic rings. The summed E-state index contributed by atoms with van der Waals surface area (Å²) in [5.41, 5.74) is -7.04. The SMILES string of the molecule is O=C1C(=Cc2cc3c(s2)C2=C(c4sc5cc(C=C6C(=O)c7cc(F)c(F)cc7C6=O)sc5c4C2(C(=O)OCc2ccccc2)C(=O)OCc2ccccc2)C3(C(=O)OCc2ccccc2)C(=O)OCc2ccccc2)C(=O)c2cc(F)c(F)cc21. The first kappa shape index (κ1) is 54.4. The van der Waals surface area contributed by atoms with Crippen molar-refractivity contribution < 1.29 is 74.9 Å². The van der Waals surface area contributed by atoms with Crippen LogP contribution in [-0.4, -0.2) is 47.0 Å². The number of allylic oxidation sites excluding steroid dienone is 2. The third-order valence-electron chi connectivity index (χ3n) is 15.1. The lowest BCUT2D eigenvalue weighted by Crippen LogP contribution is -2.45. The van der Waals surface area contributed by atoms with Gasteiger partial charge in [-0.15, -0.1) is 34.0 Å². The fraction of sp³-hybridized carbons (Fsp3) is 0.0909. The molecule has 6 aromatic carbocycles. The van der Waals surface area contributed by atoms with E-state index in [4.69, 9.17) is 18.9 Å². The number of hydrogen-bond donors (Lipinski definition) is 0. The van der Waals surface area contributed by atoms with E-state index in [1.807, 2.05) is 0 Å². The van der Waals surface area contributed by atoms with Crippen LogP contribution in [0.25, 0.3) is 32.7 Å². The Balaban J connectivity index is 1.08. The van der Waals surface area contributed by atoms with Crippen molar-refractivity contribution >= 4 is 114 Å². The molecule has 0 N–H and O–H groups in total. The molecular weight excluding hydrogens is 1160 g/mol. The lowest BCUT2D eigenvalue weighted by atomic mass is 9.76. The Morgan fingerprint density at radius 2 is 0.729 bits per heavy atom. The molecule has 0 bridgehead atoms. The normalized spacial score (nSPS) is 14.9. The van der Waals surface area contributed by atoms with E-state index >= 15 is 19.2 Å². The molecule has 418 valence electrons. The van der Waals surface area contributed by atoms with E-state index in [9.17, 15) is 36.7 Å². The van der Waals surface area contributed by atoms with Gasteiger partial charge >= 0.3 is 23.9 Å². The summed E-state index contributed by atoms with van der Waals surface area (Å²) >= 11 is 2.59. The number of carbonyl (C=O) groups is 8. The van der Waals surface area contributed by atoms with Crippen LogP contribution in [0.3, 0.4) is 0 Å². The highest BCUT2D eigenvalue weighted by atomic mass is 32.1. The molecule has 4 aliphatic carbocycles.